The minimum Gasteiger partial charge on any atom is -0.491 e. The lowest BCUT2D eigenvalue weighted by Gasteiger charge is -2.28. The van der Waals surface area contributed by atoms with Gasteiger partial charge in [-0.05, 0) is 64.5 Å². The Hall–Kier alpha value is -1.63. The van der Waals surface area contributed by atoms with Crippen LogP contribution in [0, 0.1) is 0 Å². The average molecular weight is 364 g/mol. The fourth-order valence-electron chi connectivity index (χ4n) is 3.24. The van der Waals surface area contributed by atoms with E-state index < -0.39 is 12.0 Å². The quantitative estimate of drug-likeness (QED) is 0.644. The third kappa shape index (κ3) is 6.59. The largest absolute Gasteiger partial charge is 0.491 e. The number of nitrogens with zero attached hydrogens (tertiary/aromatic N) is 2. The Bertz CT molecular complexity index is 541. The zero-order valence-corrected chi connectivity index (χ0v) is 16.2. The van der Waals surface area contributed by atoms with Crippen molar-refractivity contribution < 1.29 is 19.4 Å². The third-order valence-corrected chi connectivity index (χ3v) is 4.58. The van der Waals surface area contributed by atoms with Crippen LogP contribution < -0.4 is 4.74 Å². The van der Waals surface area contributed by atoms with Gasteiger partial charge < -0.3 is 14.6 Å². The summed E-state index contributed by atoms with van der Waals surface area (Å²) in [7, 11) is 1.88. The first kappa shape index (κ1) is 20.7. The van der Waals surface area contributed by atoms with Crippen molar-refractivity contribution in [3.63, 3.8) is 0 Å². The first-order valence-electron chi connectivity index (χ1n) is 9.47. The standard InChI is InChI=1S/C20H32N2O4/c1-16(2)26-18-8-6-17(7-9-18)19(20(23)24)21(3)10-4-5-11-22-12-14-25-15-13-22/h6-9,16,19H,4-5,10-15H2,1-3H3,(H,23,24). The van der Waals surface area contributed by atoms with Crippen LogP contribution in [0.5, 0.6) is 5.75 Å². The summed E-state index contributed by atoms with van der Waals surface area (Å²) in [5.41, 5.74) is 0.782. The molecule has 0 saturated carbocycles. The van der Waals surface area contributed by atoms with E-state index >= 15 is 0 Å². The van der Waals surface area contributed by atoms with Crippen molar-refractivity contribution in [1.29, 1.82) is 0 Å². The molecule has 0 aliphatic carbocycles. The minimum absolute atomic E-state index is 0.102. The normalized spacial score (nSPS) is 16.8. The average Bonchev–Trinajstić information content (AvgIpc) is 2.60. The van der Waals surface area contributed by atoms with Crippen LogP contribution in [-0.4, -0.2) is 73.4 Å². The van der Waals surface area contributed by atoms with Crippen molar-refractivity contribution in [2.75, 3.05) is 46.4 Å². The molecule has 0 aromatic heterocycles. The van der Waals surface area contributed by atoms with E-state index in [0.717, 1.165) is 63.5 Å². The van der Waals surface area contributed by atoms with Crippen LogP contribution in [0.15, 0.2) is 24.3 Å². The monoisotopic (exact) mass is 364 g/mol. The number of carboxylic acid groups (broad SMARTS) is 1. The lowest BCUT2D eigenvalue weighted by Crippen LogP contribution is -2.37. The summed E-state index contributed by atoms with van der Waals surface area (Å²) < 4.78 is 11.0. The number of ether oxygens (including phenoxy) is 2. The van der Waals surface area contributed by atoms with E-state index in [1.807, 2.05) is 50.1 Å². The molecule has 1 aromatic carbocycles. The number of unbranched alkanes of at least 4 members (excludes halogenated alkanes) is 1. The summed E-state index contributed by atoms with van der Waals surface area (Å²) in [6, 6.07) is 6.75. The van der Waals surface area contributed by atoms with Crippen LogP contribution in [0.1, 0.15) is 38.3 Å². The van der Waals surface area contributed by atoms with E-state index in [1.54, 1.807) is 0 Å². The smallest absolute Gasteiger partial charge is 0.325 e. The lowest BCUT2D eigenvalue weighted by atomic mass is 10.1. The van der Waals surface area contributed by atoms with Gasteiger partial charge in [-0.2, -0.15) is 0 Å². The molecule has 0 bridgehead atoms. The molecule has 1 fully saturated rings. The van der Waals surface area contributed by atoms with E-state index in [9.17, 15) is 9.90 Å². The number of likely N-dealkylation sites (N-methyl/N-ethyl adjacent to an activating group) is 1. The zero-order chi connectivity index (χ0) is 18.9. The summed E-state index contributed by atoms with van der Waals surface area (Å²) in [6.45, 7) is 9.38. The summed E-state index contributed by atoms with van der Waals surface area (Å²) in [5.74, 6) is -0.0562. The fraction of sp³-hybridized carbons (Fsp3) is 0.650. The number of aliphatic carboxylic acids is 1. The second-order valence-electron chi connectivity index (χ2n) is 7.12. The summed E-state index contributed by atoms with van der Waals surface area (Å²) in [5, 5.41) is 9.68. The van der Waals surface area contributed by atoms with Gasteiger partial charge in [0.25, 0.3) is 0 Å². The first-order chi connectivity index (χ1) is 12.5. The van der Waals surface area contributed by atoms with Gasteiger partial charge in [-0.25, -0.2) is 0 Å². The molecule has 0 amide bonds. The SMILES string of the molecule is CC(C)Oc1ccc(C(C(=O)O)N(C)CCCCN2CCOCC2)cc1. The van der Waals surface area contributed by atoms with E-state index in [-0.39, 0.29) is 6.10 Å². The second-order valence-corrected chi connectivity index (χ2v) is 7.12. The van der Waals surface area contributed by atoms with Crippen LogP contribution >= 0.6 is 0 Å². The Balaban J connectivity index is 1.84. The molecule has 1 aliphatic rings. The van der Waals surface area contributed by atoms with Gasteiger partial charge in [0.05, 0.1) is 19.3 Å². The second kappa shape index (κ2) is 10.5. The highest BCUT2D eigenvalue weighted by Gasteiger charge is 2.24. The van der Waals surface area contributed by atoms with Gasteiger partial charge in [-0.1, -0.05) is 12.1 Å². The molecule has 1 saturated heterocycles. The number of benzene rings is 1. The zero-order valence-electron chi connectivity index (χ0n) is 16.2. The van der Waals surface area contributed by atoms with Crippen molar-refractivity contribution in [3.8, 4) is 5.75 Å². The molecule has 1 aromatic rings. The van der Waals surface area contributed by atoms with Crippen molar-refractivity contribution in [2.45, 2.75) is 38.8 Å². The van der Waals surface area contributed by atoms with Gasteiger partial charge >= 0.3 is 5.97 Å². The molecule has 1 aliphatic heterocycles. The molecule has 0 radical (unpaired) electrons. The molecular weight excluding hydrogens is 332 g/mol. The molecule has 1 atom stereocenters. The fourth-order valence-corrected chi connectivity index (χ4v) is 3.24. The van der Waals surface area contributed by atoms with E-state index in [2.05, 4.69) is 4.90 Å². The van der Waals surface area contributed by atoms with Crippen molar-refractivity contribution >= 4 is 5.97 Å². The number of carbonyl (C=O) groups is 1. The molecule has 26 heavy (non-hydrogen) atoms. The number of morpholine rings is 1. The molecule has 0 spiro atoms. The molecule has 146 valence electrons. The Kier molecular flexibility index (Phi) is 8.35. The Labute approximate surface area is 156 Å². The molecule has 1 N–H and O–H groups in total. The van der Waals surface area contributed by atoms with Crippen molar-refractivity contribution in [1.82, 2.24) is 9.80 Å². The van der Waals surface area contributed by atoms with Crippen molar-refractivity contribution in [2.24, 2.45) is 0 Å². The van der Waals surface area contributed by atoms with Gasteiger partial charge in [-0.3, -0.25) is 14.6 Å². The van der Waals surface area contributed by atoms with Gasteiger partial charge in [0.1, 0.15) is 11.8 Å². The first-order valence-corrected chi connectivity index (χ1v) is 9.47. The Morgan fingerprint density at radius 1 is 1.23 bits per heavy atom. The van der Waals surface area contributed by atoms with Gasteiger partial charge in [0, 0.05) is 13.1 Å². The van der Waals surface area contributed by atoms with Gasteiger partial charge in [0.15, 0.2) is 0 Å². The highest BCUT2D eigenvalue weighted by Crippen LogP contribution is 2.23. The number of hydrogen-bond acceptors (Lipinski definition) is 5. The third-order valence-electron chi connectivity index (χ3n) is 4.58. The van der Waals surface area contributed by atoms with E-state index in [1.165, 1.54) is 0 Å². The summed E-state index contributed by atoms with van der Waals surface area (Å²) >= 11 is 0. The predicted octanol–water partition coefficient (Wildman–Crippen LogP) is 2.64. The lowest BCUT2D eigenvalue weighted by molar-refractivity contribution is -0.143. The molecule has 1 unspecified atom stereocenters. The maximum Gasteiger partial charge on any atom is 0.325 e. The molecule has 6 nitrogen and oxygen atoms in total. The number of rotatable bonds is 10. The van der Waals surface area contributed by atoms with E-state index in [0.29, 0.717) is 0 Å². The number of hydrogen-bond donors (Lipinski definition) is 1. The minimum atomic E-state index is -0.821. The van der Waals surface area contributed by atoms with Gasteiger partial charge in [0.2, 0.25) is 0 Å². The topological polar surface area (TPSA) is 62.2 Å². The Morgan fingerprint density at radius 2 is 1.88 bits per heavy atom. The van der Waals surface area contributed by atoms with E-state index in [4.69, 9.17) is 9.47 Å². The molecular formula is C20H32N2O4. The molecule has 2 rings (SSSR count). The van der Waals surface area contributed by atoms with Crippen LogP contribution in [-0.2, 0) is 9.53 Å². The predicted molar refractivity (Wildman–Crippen MR) is 102 cm³/mol. The van der Waals surface area contributed by atoms with Crippen LogP contribution in [0.3, 0.4) is 0 Å². The molecule has 1 heterocycles. The molecule has 6 heteroatoms. The summed E-state index contributed by atoms with van der Waals surface area (Å²) in [6.07, 6.45) is 2.15. The highest BCUT2D eigenvalue weighted by molar-refractivity contribution is 5.75. The maximum atomic E-state index is 11.8. The number of carboxylic acids is 1. The highest BCUT2D eigenvalue weighted by atomic mass is 16.5. The van der Waals surface area contributed by atoms with Gasteiger partial charge in [-0.15, -0.1) is 0 Å². The Morgan fingerprint density at radius 3 is 2.46 bits per heavy atom. The van der Waals surface area contributed by atoms with Crippen LogP contribution in [0.4, 0.5) is 0 Å². The maximum absolute atomic E-state index is 11.8. The summed E-state index contributed by atoms with van der Waals surface area (Å²) in [4.78, 5) is 16.1. The van der Waals surface area contributed by atoms with Crippen LogP contribution in [0.25, 0.3) is 0 Å². The van der Waals surface area contributed by atoms with Crippen LogP contribution in [0.2, 0.25) is 0 Å². The van der Waals surface area contributed by atoms with Crippen molar-refractivity contribution in [3.05, 3.63) is 29.8 Å².